The lowest BCUT2D eigenvalue weighted by Gasteiger charge is -2.15. The summed E-state index contributed by atoms with van der Waals surface area (Å²) in [5, 5.41) is 3.26. The molecule has 0 radical (unpaired) electrons. The van der Waals surface area contributed by atoms with E-state index in [-0.39, 0.29) is 18.9 Å². The van der Waals surface area contributed by atoms with E-state index in [1.54, 1.807) is 0 Å². The lowest BCUT2D eigenvalue weighted by molar-refractivity contribution is -0.118. The smallest absolute Gasteiger partial charge is 0.220 e. The Morgan fingerprint density at radius 1 is 1.35 bits per heavy atom. The molecule has 6 heteroatoms. The normalized spacial score (nSPS) is 10.3. The van der Waals surface area contributed by atoms with Crippen molar-refractivity contribution in [3.05, 3.63) is 22.2 Å². The van der Waals surface area contributed by atoms with E-state index in [9.17, 15) is 4.79 Å². The summed E-state index contributed by atoms with van der Waals surface area (Å²) in [6.45, 7) is 6.41. The van der Waals surface area contributed by atoms with Crippen molar-refractivity contribution in [3.8, 4) is 11.5 Å². The summed E-state index contributed by atoms with van der Waals surface area (Å²) in [6, 6.07) is 3.92. The van der Waals surface area contributed by atoms with Crippen LogP contribution in [0.15, 0.2) is 16.6 Å². The highest BCUT2D eigenvalue weighted by Gasteiger charge is 2.12. The molecule has 0 heterocycles. The first-order valence-corrected chi connectivity index (χ1v) is 7.44. The summed E-state index contributed by atoms with van der Waals surface area (Å²) in [5.41, 5.74) is 6.20. The van der Waals surface area contributed by atoms with Gasteiger partial charge in [-0.2, -0.15) is 0 Å². The number of hydrogen-bond donors (Lipinski definition) is 2. The Balaban J connectivity index is 2.87. The van der Waals surface area contributed by atoms with E-state index >= 15 is 0 Å². The minimum absolute atomic E-state index is 0.178. The van der Waals surface area contributed by atoms with Gasteiger partial charge in [-0.3, -0.25) is 4.79 Å². The number of carbonyl (C=O) groups excluding carboxylic acids is 1. The van der Waals surface area contributed by atoms with Gasteiger partial charge in [0.2, 0.25) is 5.91 Å². The minimum atomic E-state index is -0.386. The SMILES string of the molecule is CCNCc1cc(Br)c(OCCC(N)=O)c(OCC)c1. The van der Waals surface area contributed by atoms with Gasteiger partial charge < -0.3 is 20.5 Å². The molecule has 0 aliphatic carbocycles. The van der Waals surface area contributed by atoms with E-state index < -0.39 is 0 Å². The minimum Gasteiger partial charge on any atom is -0.490 e. The molecule has 0 bridgehead atoms. The van der Waals surface area contributed by atoms with E-state index in [2.05, 4.69) is 28.2 Å². The van der Waals surface area contributed by atoms with Crippen molar-refractivity contribution in [2.24, 2.45) is 5.73 Å². The van der Waals surface area contributed by atoms with Crippen molar-refractivity contribution in [1.82, 2.24) is 5.32 Å². The van der Waals surface area contributed by atoms with Crippen molar-refractivity contribution in [1.29, 1.82) is 0 Å². The summed E-state index contributed by atoms with van der Waals surface area (Å²) in [6.07, 6.45) is 0.178. The zero-order valence-electron chi connectivity index (χ0n) is 11.9. The van der Waals surface area contributed by atoms with E-state index in [1.165, 1.54) is 0 Å². The third-order valence-electron chi connectivity index (χ3n) is 2.54. The molecule has 1 aromatic carbocycles. The largest absolute Gasteiger partial charge is 0.490 e. The maximum absolute atomic E-state index is 10.7. The predicted octanol–water partition coefficient (Wildman–Crippen LogP) is 2.21. The predicted molar refractivity (Wildman–Crippen MR) is 82.0 cm³/mol. The van der Waals surface area contributed by atoms with Gasteiger partial charge in [-0.25, -0.2) is 0 Å². The fourth-order valence-electron chi connectivity index (χ4n) is 1.65. The highest BCUT2D eigenvalue weighted by atomic mass is 79.9. The Bertz CT molecular complexity index is 452. The molecule has 0 spiro atoms. The van der Waals surface area contributed by atoms with Crippen LogP contribution < -0.4 is 20.5 Å². The maximum atomic E-state index is 10.7. The van der Waals surface area contributed by atoms with Crippen LogP contribution in [0, 0.1) is 0 Å². The van der Waals surface area contributed by atoms with Crippen LogP contribution in [-0.2, 0) is 11.3 Å². The number of nitrogens with one attached hydrogen (secondary N) is 1. The molecule has 112 valence electrons. The Morgan fingerprint density at radius 2 is 2.10 bits per heavy atom. The molecular formula is C14H21BrN2O3. The van der Waals surface area contributed by atoms with Gasteiger partial charge in [0.25, 0.3) is 0 Å². The number of carbonyl (C=O) groups is 1. The summed E-state index contributed by atoms with van der Waals surface area (Å²) in [7, 11) is 0. The molecule has 0 aromatic heterocycles. The van der Waals surface area contributed by atoms with Gasteiger partial charge >= 0.3 is 0 Å². The molecule has 0 fully saturated rings. The summed E-state index contributed by atoms with van der Waals surface area (Å²) in [5.74, 6) is 0.885. The summed E-state index contributed by atoms with van der Waals surface area (Å²) < 4.78 is 12.0. The van der Waals surface area contributed by atoms with E-state index in [0.29, 0.717) is 18.1 Å². The number of primary amides is 1. The molecule has 1 aromatic rings. The first-order chi connectivity index (χ1) is 9.58. The number of halogens is 1. The highest BCUT2D eigenvalue weighted by Crippen LogP contribution is 2.37. The molecule has 0 aliphatic heterocycles. The topological polar surface area (TPSA) is 73.6 Å². The summed E-state index contributed by atoms with van der Waals surface area (Å²) >= 11 is 3.48. The van der Waals surface area contributed by atoms with Crippen molar-refractivity contribution in [2.75, 3.05) is 19.8 Å². The maximum Gasteiger partial charge on any atom is 0.220 e. The van der Waals surface area contributed by atoms with Gasteiger partial charge in [-0.05, 0) is 47.1 Å². The zero-order chi connectivity index (χ0) is 15.0. The fraction of sp³-hybridized carbons (Fsp3) is 0.500. The zero-order valence-corrected chi connectivity index (χ0v) is 13.5. The Labute approximate surface area is 127 Å². The standard InChI is InChI=1S/C14H21BrN2O3/c1-3-17-9-10-7-11(15)14(12(8-10)19-4-2)20-6-5-13(16)18/h7-8,17H,3-6,9H2,1-2H3,(H2,16,18). The van der Waals surface area contributed by atoms with Crippen molar-refractivity contribution < 1.29 is 14.3 Å². The molecule has 0 saturated carbocycles. The van der Waals surface area contributed by atoms with Crippen LogP contribution in [0.1, 0.15) is 25.8 Å². The fourth-order valence-corrected chi connectivity index (χ4v) is 2.25. The number of hydrogen-bond acceptors (Lipinski definition) is 4. The van der Waals surface area contributed by atoms with Crippen LogP contribution in [-0.4, -0.2) is 25.7 Å². The monoisotopic (exact) mass is 344 g/mol. The molecule has 0 unspecified atom stereocenters. The molecule has 3 N–H and O–H groups in total. The number of nitrogens with two attached hydrogens (primary N) is 1. The molecule has 5 nitrogen and oxygen atoms in total. The van der Waals surface area contributed by atoms with Crippen LogP contribution in [0.25, 0.3) is 0 Å². The molecule has 1 amide bonds. The van der Waals surface area contributed by atoms with Gasteiger partial charge in [-0.1, -0.05) is 6.92 Å². The number of amides is 1. The molecule has 0 aliphatic rings. The second-order valence-electron chi connectivity index (χ2n) is 4.18. The van der Waals surface area contributed by atoms with Gasteiger partial charge in [0.15, 0.2) is 11.5 Å². The van der Waals surface area contributed by atoms with Gasteiger partial charge in [0.1, 0.15) is 0 Å². The Hall–Kier alpha value is -1.27. The molecule has 20 heavy (non-hydrogen) atoms. The van der Waals surface area contributed by atoms with Crippen molar-refractivity contribution in [3.63, 3.8) is 0 Å². The second-order valence-corrected chi connectivity index (χ2v) is 5.04. The van der Waals surface area contributed by atoms with Crippen LogP contribution in [0.5, 0.6) is 11.5 Å². The molecule has 1 rings (SSSR count). The van der Waals surface area contributed by atoms with E-state index in [0.717, 1.165) is 23.1 Å². The highest BCUT2D eigenvalue weighted by molar-refractivity contribution is 9.10. The first kappa shape index (κ1) is 16.8. The third kappa shape index (κ3) is 5.38. The van der Waals surface area contributed by atoms with Gasteiger partial charge in [-0.15, -0.1) is 0 Å². The molecule has 0 saturated heterocycles. The van der Waals surface area contributed by atoms with Crippen LogP contribution in [0.3, 0.4) is 0 Å². The second kappa shape index (κ2) is 8.81. The summed E-state index contributed by atoms with van der Waals surface area (Å²) in [4.78, 5) is 10.7. The number of rotatable bonds is 9. The van der Waals surface area contributed by atoms with Crippen LogP contribution >= 0.6 is 15.9 Å². The molecular weight excluding hydrogens is 324 g/mol. The Kier molecular flexibility index (Phi) is 7.40. The van der Waals surface area contributed by atoms with Gasteiger partial charge in [0.05, 0.1) is 24.1 Å². The Morgan fingerprint density at radius 3 is 2.70 bits per heavy atom. The van der Waals surface area contributed by atoms with E-state index in [4.69, 9.17) is 15.2 Å². The van der Waals surface area contributed by atoms with Crippen molar-refractivity contribution in [2.45, 2.75) is 26.8 Å². The lowest BCUT2D eigenvalue weighted by atomic mass is 10.2. The number of benzene rings is 1. The van der Waals surface area contributed by atoms with E-state index in [1.807, 2.05) is 19.1 Å². The quantitative estimate of drug-likeness (QED) is 0.720. The van der Waals surface area contributed by atoms with Crippen LogP contribution in [0.2, 0.25) is 0 Å². The number of ether oxygens (including phenoxy) is 2. The average molecular weight is 345 g/mol. The first-order valence-electron chi connectivity index (χ1n) is 6.65. The third-order valence-corrected chi connectivity index (χ3v) is 3.13. The average Bonchev–Trinajstić information content (AvgIpc) is 2.39. The van der Waals surface area contributed by atoms with Crippen molar-refractivity contribution >= 4 is 21.8 Å². The molecule has 0 atom stereocenters. The lowest BCUT2D eigenvalue weighted by Crippen LogP contribution is -2.15. The van der Waals surface area contributed by atoms with Gasteiger partial charge in [0, 0.05) is 6.54 Å². The van der Waals surface area contributed by atoms with Crippen LogP contribution in [0.4, 0.5) is 0 Å².